The van der Waals surface area contributed by atoms with Gasteiger partial charge in [0.2, 0.25) is 11.8 Å². The number of hydrogen-bond donors (Lipinski definition) is 3. The van der Waals surface area contributed by atoms with Crippen LogP contribution in [-0.4, -0.2) is 106 Å². The van der Waals surface area contributed by atoms with E-state index < -0.39 is 18.0 Å². The van der Waals surface area contributed by atoms with Crippen molar-refractivity contribution in [1.82, 2.24) is 20.0 Å². The first kappa shape index (κ1) is 24.3. The van der Waals surface area contributed by atoms with Gasteiger partial charge in [-0.2, -0.15) is 0 Å². The number of amides is 2. The number of aliphatic hydroxyl groups is 1. The van der Waals surface area contributed by atoms with Crippen LogP contribution in [0.2, 0.25) is 0 Å². The molecule has 0 aromatic rings. The smallest absolute Gasteiger partial charge is 0.353 e. The summed E-state index contributed by atoms with van der Waals surface area (Å²) in [6.45, 7) is 6.99. The van der Waals surface area contributed by atoms with Gasteiger partial charge in [0.05, 0.1) is 24.6 Å². The summed E-state index contributed by atoms with van der Waals surface area (Å²) < 4.78 is 0. The number of aliphatic carboxylic acids is 1. The summed E-state index contributed by atoms with van der Waals surface area (Å²) in [6.07, 6.45) is 0.0468. The van der Waals surface area contributed by atoms with Gasteiger partial charge in [-0.15, -0.1) is 24.2 Å². The van der Waals surface area contributed by atoms with E-state index in [9.17, 15) is 24.6 Å². The quantitative estimate of drug-likeness (QED) is 0.454. The number of nitrogens with zero attached hydrogens (tertiary/aromatic N) is 3. The molecule has 9 nitrogen and oxygen atoms in total. The number of carboxylic acids is 1. The molecule has 0 aliphatic carbocycles. The summed E-state index contributed by atoms with van der Waals surface area (Å²) in [5, 5.41) is 23.4. The second kappa shape index (κ2) is 9.27. The number of likely N-dealkylation sites (N-methyl/N-ethyl adjacent to an activating group) is 1. The van der Waals surface area contributed by atoms with Gasteiger partial charge in [0, 0.05) is 48.3 Å². The number of hydrogen-bond acceptors (Lipinski definition) is 7. The third-order valence-corrected chi connectivity index (χ3v) is 8.25. The van der Waals surface area contributed by atoms with E-state index >= 15 is 0 Å². The number of rotatable bonds is 6. The van der Waals surface area contributed by atoms with Crippen LogP contribution in [0.5, 0.6) is 0 Å². The first-order valence-corrected chi connectivity index (χ1v) is 11.4. The van der Waals surface area contributed by atoms with Gasteiger partial charge in [-0.1, -0.05) is 6.92 Å². The normalized spacial score (nSPS) is 34.5. The Morgan fingerprint density at radius 1 is 1.32 bits per heavy atom. The zero-order valence-electron chi connectivity index (χ0n) is 18.0. The molecule has 0 aromatic heterocycles. The van der Waals surface area contributed by atoms with Gasteiger partial charge < -0.3 is 25.3 Å². The molecule has 0 saturated carbocycles. The van der Waals surface area contributed by atoms with Crippen molar-refractivity contribution in [3.8, 4) is 0 Å². The van der Waals surface area contributed by atoms with Crippen LogP contribution >= 0.6 is 24.2 Å². The first-order valence-electron chi connectivity index (χ1n) is 10.5. The van der Waals surface area contributed by atoms with Crippen molar-refractivity contribution in [2.45, 2.75) is 43.7 Å². The lowest BCUT2D eigenvalue weighted by Crippen LogP contribution is -2.63. The highest BCUT2D eigenvalue weighted by Crippen LogP contribution is 2.51. The summed E-state index contributed by atoms with van der Waals surface area (Å²) >= 11 is 1.54. The summed E-state index contributed by atoms with van der Waals surface area (Å²) in [6, 6.07) is -0.0939. The highest BCUT2D eigenvalue weighted by atomic mass is 35.5. The third kappa shape index (κ3) is 4.32. The van der Waals surface area contributed by atoms with Crippen LogP contribution in [-0.2, 0) is 14.4 Å². The fourth-order valence-corrected chi connectivity index (χ4v) is 6.67. The number of fused-ring (bicyclic) bond motifs is 1. The lowest BCUT2D eigenvalue weighted by molar-refractivity contribution is -0.163. The molecule has 2 amide bonds. The van der Waals surface area contributed by atoms with Crippen molar-refractivity contribution < 1.29 is 24.6 Å². The van der Waals surface area contributed by atoms with Crippen molar-refractivity contribution in [1.29, 1.82) is 0 Å². The molecule has 0 aromatic carbocycles. The minimum absolute atomic E-state index is 0. The Hall–Kier alpha value is -1.33. The molecule has 11 heteroatoms. The molecule has 0 unspecified atom stereocenters. The molecular formula is C20H31ClN4O5S. The summed E-state index contributed by atoms with van der Waals surface area (Å²) in [5.74, 6) is -1.89. The van der Waals surface area contributed by atoms with E-state index in [0.29, 0.717) is 13.1 Å². The van der Waals surface area contributed by atoms with Crippen LogP contribution in [0.15, 0.2) is 10.6 Å². The van der Waals surface area contributed by atoms with Crippen LogP contribution in [0.4, 0.5) is 0 Å². The molecule has 3 fully saturated rings. The number of halogens is 1. The molecule has 0 bridgehead atoms. The Labute approximate surface area is 192 Å². The number of thioether (sulfide) groups is 1. The van der Waals surface area contributed by atoms with Crippen molar-refractivity contribution >= 4 is 42.0 Å². The highest BCUT2D eigenvalue weighted by molar-refractivity contribution is 8.03. The third-order valence-electron chi connectivity index (χ3n) is 6.74. The van der Waals surface area contributed by atoms with Crippen LogP contribution < -0.4 is 5.32 Å². The average molecular weight is 475 g/mol. The van der Waals surface area contributed by atoms with Gasteiger partial charge in [-0.25, -0.2) is 4.79 Å². The van der Waals surface area contributed by atoms with Gasteiger partial charge in [0.1, 0.15) is 5.70 Å². The van der Waals surface area contributed by atoms with E-state index in [1.165, 1.54) is 16.7 Å². The number of carbonyl (C=O) groups excluding carboxylic acids is 2. The minimum atomic E-state index is -1.09. The van der Waals surface area contributed by atoms with Crippen molar-refractivity contribution in [3.63, 3.8) is 0 Å². The Morgan fingerprint density at radius 3 is 2.65 bits per heavy atom. The molecule has 174 valence electrons. The van der Waals surface area contributed by atoms with E-state index in [0.717, 1.165) is 31.0 Å². The SMILES string of the molecule is C[C@@H](O)[C@H]1C(=O)N2C(C(=O)O)=C(S[C@@H]3CN[C@H](CN4CCN(C)CC4=O)C3)[C@H](C)[C@H]12.Cl. The fourth-order valence-electron chi connectivity index (χ4n) is 5.15. The van der Waals surface area contributed by atoms with Gasteiger partial charge >= 0.3 is 5.97 Å². The number of β-lactam (4-membered cyclic amide) rings is 1. The van der Waals surface area contributed by atoms with Gasteiger partial charge in [-0.05, 0) is 20.4 Å². The number of aliphatic hydroxyl groups excluding tert-OH is 1. The van der Waals surface area contributed by atoms with Gasteiger partial charge in [-0.3, -0.25) is 14.5 Å². The van der Waals surface area contributed by atoms with Gasteiger partial charge in [0.15, 0.2) is 0 Å². The van der Waals surface area contributed by atoms with Gasteiger partial charge in [0.25, 0.3) is 0 Å². The zero-order chi connectivity index (χ0) is 21.7. The molecule has 0 radical (unpaired) electrons. The summed E-state index contributed by atoms with van der Waals surface area (Å²) in [5.41, 5.74) is 0.0806. The van der Waals surface area contributed by atoms with Crippen LogP contribution in [0.3, 0.4) is 0 Å². The predicted molar refractivity (Wildman–Crippen MR) is 119 cm³/mol. The lowest BCUT2D eigenvalue weighted by atomic mass is 9.79. The summed E-state index contributed by atoms with van der Waals surface area (Å²) in [7, 11) is 1.95. The Bertz CT molecular complexity index is 794. The monoisotopic (exact) mass is 474 g/mol. The summed E-state index contributed by atoms with van der Waals surface area (Å²) in [4.78, 5) is 42.7. The van der Waals surface area contributed by atoms with Crippen LogP contribution in [0.25, 0.3) is 0 Å². The zero-order valence-corrected chi connectivity index (χ0v) is 19.6. The molecule has 4 aliphatic heterocycles. The molecule has 3 N–H and O–H groups in total. The van der Waals surface area contributed by atoms with Crippen molar-refractivity contribution in [2.75, 3.05) is 39.8 Å². The van der Waals surface area contributed by atoms with E-state index in [2.05, 4.69) is 5.32 Å². The Morgan fingerprint density at radius 2 is 2.03 bits per heavy atom. The molecule has 31 heavy (non-hydrogen) atoms. The van der Waals surface area contributed by atoms with Crippen LogP contribution in [0.1, 0.15) is 20.3 Å². The first-order chi connectivity index (χ1) is 14.2. The molecule has 4 heterocycles. The Balaban J connectivity index is 0.00000272. The van der Waals surface area contributed by atoms with E-state index in [-0.39, 0.29) is 53.2 Å². The van der Waals surface area contributed by atoms with E-state index in [1.807, 2.05) is 23.8 Å². The molecular weight excluding hydrogens is 444 g/mol. The standard InChI is InChI=1S/C20H30N4O5S.ClH/c1-10-16-15(11(2)25)19(27)24(16)17(20(28)29)18(10)30-13-6-12(21-7-13)8-23-5-4-22(3)9-14(23)26;/h10-13,15-16,21,25H,4-9H2,1-3H3,(H,28,29);1H/t10-,11-,12+,13+,15-,16-;/m1./s1. The average Bonchev–Trinajstić information content (AvgIpc) is 3.19. The number of piperazine rings is 1. The maximum absolute atomic E-state index is 12.5. The second-order valence-electron chi connectivity index (χ2n) is 8.93. The molecule has 3 saturated heterocycles. The maximum atomic E-state index is 12.5. The lowest BCUT2D eigenvalue weighted by Gasteiger charge is -2.46. The maximum Gasteiger partial charge on any atom is 0.353 e. The van der Waals surface area contributed by atoms with E-state index in [4.69, 9.17) is 0 Å². The topological polar surface area (TPSA) is 113 Å². The predicted octanol–water partition coefficient (Wildman–Crippen LogP) is -0.200. The minimum Gasteiger partial charge on any atom is -0.477 e. The van der Waals surface area contributed by atoms with Crippen molar-refractivity contribution in [2.24, 2.45) is 11.8 Å². The van der Waals surface area contributed by atoms with E-state index in [1.54, 1.807) is 6.92 Å². The number of carbonyl (C=O) groups is 3. The Kier molecular flexibility index (Phi) is 7.27. The molecule has 6 atom stereocenters. The molecule has 0 spiro atoms. The van der Waals surface area contributed by atoms with Crippen molar-refractivity contribution in [3.05, 3.63) is 10.6 Å². The largest absolute Gasteiger partial charge is 0.477 e. The number of nitrogens with one attached hydrogen (secondary N) is 1. The second-order valence-corrected chi connectivity index (χ2v) is 10.3. The molecule has 4 aliphatic rings. The molecule has 4 rings (SSSR count). The fraction of sp³-hybridized carbons (Fsp3) is 0.750. The highest BCUT2D eigenvalue weighted by Gasteiger charge is 2.60. The van der Waals surface area contributed by atoms with Crippen LogP contribution in [0, 0.1) is 11.8 Å². The number of carboxylic acid groups (broad SMARTS) is 1.